The van der Waals surface area contributed by atoms with Gasteiger partial charge in [0, 0.05) is 24.8 Å². The number of aromatic nitrogens is 1. The monoisotopic (exact) mass is 404 g/mol. The molecule has 0 bridgehead atoms. The van der Waals surface area contributed by atoms with Crippen molar-refractivity contribution in [2.75, 3.05) is 40.5 Å². The van der Waals surface area contributed by atoms with Gasteiger partial charge in [-0.1, -0.05) is 30.3 Å². The van der Waals surface area contributed by atoms with Gasteiger partial charge < -0.3 is 19.1 Å². The molecule has 0 unspecified atom stereocenters. The Hall–Kier alpha value is -3.38. The summed E-state index contributed by atoms with van der Waals surface area (Å²) >= 11 is 0. The molecular formula is C24H24N2O4. The third-order valence-corrected chi connectivity index (χ3v) is 5.21. The molecule has 6 heteroatoms. The van der Waals surface area contributed by atoms with Crippen molar-refractivity contribution in [1.82, 2.24) is 9.88 Å². The maximum absolute atomic E-state index is 12.7. The molecule has 0 aliphatic carbocycles. The number of hydrogen-bond donors (Lipinski definition) is 0. The number of rotatable bonds is 5. The van der Waals surface area contributed by atoms with Gasteiger partial charge in [-0.05, 0) is 35.4 Å². The van der Waals surface area contributed by atoms with Gasteiger partial charge in [0.1, 0.15) is 0 Å². The minimum absolute atomic E-state index is 0.00877. The molecule has 1 saturated heterocycles. The number of methoxy groups -OCH3 is 2. The molecule has 0 radical (unpaired) electrons. The van der Waals surface area contributed by atoms with E-state index >= 15 is 0 Å². The molecule has 3 aromatic rings. The van der Waals surface area contributed by atoms with E-state index in [1.165, 1.54) is 0 Å². The highest BCUT2D eigenvalue weighted by Gasteiger charge is 2.19. The second-order valence-corrected chi connectivity index (χ2v) is 6.95. The zero-order valence-corrected chi connectivity index (χ0v) is 17.1. The van der Waals surface area contributed by atoms with E-state index in [2.05, 4.69) is 4.98 Å². The second-order valence-electron chi connectivity index (χ2n) is 6.95. The van der Waals surface area contributed by atoms with Crippen molar-refractivity contribution in [3.05, 3.63) is 66.4 Å². The van der Waals surface area contributed by atoms with E-state index in [-0.39, 0.29) is 5.91 Å². The standard InChI is InChI=1S/C24H24N2O4/c1-28-22-10-8-17(15-23(22)29-2)19-5-3-4-6-20(19)21-9-7-18(16-25-21)24(27)26-11-13-30-14-12-26/h3-10,15-16H,11-14H2,1-2H3. The molecule has 1 amide bonds. The first kappa shape index (κ1) is 19.9. The summed E-state index contributed by atoms with van der Waals surface area (Å²) in [5.74, 6) is 1.34. The number of amides is 1. The minimum atomic E-state index is -0.00877. The lowest BCUT2D eigenvalue weighted by molar-refractivity contribution is 0.0302. The van der Waals surface area contributed by atoms with Gasteiger partial charge in [-0.25, -0.2) is 0 Å². The zero-order valence-electron chi connectivity index (χ0n) is 17.1. The van der Waals surface area contributed by atoms with Crippen LogP contribution < -0.4 is 9.47 Å². The largest absolute Gasteiger partial charge is 0.493 e. The van der Waals surface area contributed by atoms with Gasteiger partial charge in [-0.3, -0.25) is 9.78 Å². The van der Waals surface area contributed by atoms with Crippen LogP contribution in [-0.4, -0.2) is 56.3 Å². The van der Waals surface area contributed by atoms with Crippen LogP contribution in [0.3, 0.4) is 0 Å². The van der Waals surface area contributed by atoms with E-state index in [1.807, 2.05) is 54.6 Å². The Morgan fingerprint density at radius 3 is 2.33 bits per heavy atom. The summed E-state index contributed by atoms with van der Waals surface area (Å²) in [5, 5.41) is 0. The fourth-order valence-electron chi connectivity index (χ4n) is 3.59. The number of morpholine rings is 1. The summed E-state index contributed by atoms with van der Waals surface area (Å²) in [6, 6.07) is 17.6. The molecule has 1 aromatic heterocycles. The predicted molar refractivity (Wildman–Crippen MR) is 115 cm³/mol. The molecule has 30 heavy (non-hydrogen) atoms. The van der Waals surface area contributed by atoms with Crippen LogP contribution in [-0.2, 0) is 4.74 Å². The molecule has 0 atom stereocenters. The van der Waals surface area contributed by atoms with Crippen molar-refractivity contribution < 1.29 is 19.0 Å². The van der Waals surface area contributed by atoms with Gasteiger partial charge in [0.2, 0.25) is 0 Å². The molecule has 154 valence electrons. The van der Waals surface area contributed by atoms with E-state index < -0.39 is 0 Å². The van der Waals surface area contributed by atoms with Crippen LogP contribution in [0, 0.1) is 0 Å². The van der Waals surface area contributed by atoms with Crippen molar-refractivity contribution in [2.45, 2.75) is 0 Å². The number of hydrogen-bond acceptors (Lipinski definition) is 5. The Balaban J connectivity index is 1.65. The molecule has 0 spiro atoms. The van der Waals surface area contributed by atoms with E-state index in [0.29, 0.717) is 43.4 Å². The van der Waals surface area contributed by atoms with Gasteiger partial charge in [0.05, 0.1) is 38.7 Å². The first-order chi connectivity index (χ1) is 14.7. The lowest BCUT2D eigenvalue weighted by Gasteiger charge is -2.26. The van der Waals surface area contributed by atoms with Crippen molar-refractivity contribution in [1.29, 1.82) is 0 Å². The van der Waals surface area contributed by atoms with Gasteiger partial charge in [0.15, 0.2) is 11.5 Å². The van der Waals surface area contributed by atoms with Gasteiger partial charge in [-0.15, -0.1) is 0 Å². The molecule has 1 aliphatic heterocycles. The number of ether oxygens (including phenoxy) is 3. The average molecular weight is 404 g/mol. The lowest BCUT2D eigenvalue weighted by Crippen LogP contribution is -2.40. The van der Waals surface area contributed by atoms with E-state index in [4.69, 9.17) is 14.2 Å². The Labute approximate surface area is 176 Å². The highest BCUT2D eigenvalue weighted by Crippen LogP contribution is 2.36. The first-order valence-electron chi connectivity index (χ1n) is 9.86. The quantitative estimate of drug-likeness (QED) is 0.645. The molecule has 2 aromatic carbocycles. The molecule has 1 aliphatic rings. The average Bonchev–Trinajstić information content (AvgIpc) is 2.83. The normalized spacial score (nSPS) is 13.7. The number of pyridine rings is 1. The highest BCUT2D eigenvalue weighted by atomic mass is 16.5. The van der Waals surface area contributed by atoms with Crippen molar-refractivity contribution in [3.8, 4) is 33.9 Å². The number of carbonyl (C=O) groups is 1. The van der Waals surface area contributed by atoms with Crippen LogP contribution in [0.2, 0.25) is 0 Å². The Morgan fingerprint density at radius 2 is 1.67 bits per heavy atom. The van der Waals surface area contributed by atoms with Crippen molar-refractivity contribution >= 4 is 5.91 Å². The first-order valence-corrected chi connectivity index (χ1v) is 9.86. The van der Waals surface area contributed by atoms with Crippen LogP contribution >= 0.6 is 0 Å². The van der Waals surface area contributed by atoms with Gasteiger partial charge in [-0.2, -0.15) is 0 Å². The lowest BCUT2D eigenvalue weighted by atomic mass is 9.96. The van der Waals surface area contributed by atoms with Crippen LogP contribution in [0.4, 0.5) is 0 Å². The fourth-order valence-corrected chi connectivity index (χ4v) is 3.59. The molecular weight excluding hydrogens is 380 g/mol. The topological polar surface area (TPSA) is 60.9 Å². The SMILES string of the molecule is COc1ccc(-c2ccccc2-c2ccc(C(=O)N3CCOCC3)cn2)cc1OC. The van der Waals surface area contributed by atoms with E-state index in [9.17, 15) is 4.79 Å². The third kappa shape index (κ3) is 4.00. The Morgan fingerprint density at radius 1 is 0.933 bits per heavy atom. The summed E-state index contributed by atoms with van der Waals surface area (Å²) in [7, 11) is 3.24. The molecule has 2 heterocycles. The number of carbonyl (C=O) groups excluding carboxylic acids is 1. The summed E-state index contributed by atoms with van der Waals surface area (Å²) in [6.07, 6.45) is 1.65. The van der Waals surface area contributed by atoms with E-state index in [0.717, 1.165) is 22.4 Å². The summed E-state index contributed by atoms with van der Waals surface area (Å²) in [6.45, 7) is 2.39. The van der Waals surface area contributed by atoms with E-state index in [1.54, 1.807) is 25.3 Å². The maximum Gasteiger partial charge on any atom is 0.255 e. The molecule has 4 rings (SSSR count). The summed E-state index contributed by atoms with van der Waals surface area (Å²) < 4.78 is 16.1. The summed E-state index contributed by atoms with van der Waals surface area (Å²) in [5.41, 5.74) is 4.40. The summed E-state index contributed by atoms with van der Waals surface area (Å²) in [4.78, 5) is 19.1. The Kier molecular flexibility index (Phi) is 5.95. The predicted octanol–water partition coefficient (Wildman–Crippen LogP) is 3.91. The molecule has 0 saturated carbocycles. The van der Waals surface area contributed by atoms with Crippen LogP contribution in [0.5, 0.6) is 11.5 Å². The zero-order chi connectivity index (χ0) is 20.9. The third-order valence-electron chi connectivity index (χ3n) is 5.21. The molecule has 1 fully saturated rings. The van der Waals surface area contributed by atoms with Crippen molar-refractivity contribution in [3.63, 3.8) is 0 Å². The second kappa shape index (κ2) is 8.97. The highest BCUT2D eigenvalue weighted by molar-refractivity contribution is 5.94. The van der Waals surface area contributed by atoms with Gasteiger partial charge in [0.25, 0.3) is 5.91 Å². The smallest absolute Gasteiger partial charge is 0.255 e. The molecule has 0 N–H and O–H groups in total. The minimum Gasteiger partial charge on any atom is -0.493 e. The Bertz CT molecular complexity index is 1030. The van der Waals surface area contributed by atoms with Gasteiger partial charge >= 0.3 is 0 Å². The fraction of sp³-hybridized carbons (Fsp3) is 0.250. The van der Waals surface area contributed by atoms with Crippen molar-refractivity contribution in [2.24, 2.45) is 0 Å². The number of nitrogens with zero attached hydrogens (tertiary/aromatic N) is 2. The van der Waals surface area contributed by atoms with Crippen LogP contribution in [0.25, 0.3) is 22.4 Å². The number of benzene rings is 2. The molecule has 6 nitrogen and oxygen atoms in total. The van der Waals surface area contributed by atoms with Crippen LogP contribution in [0.1, 0.15) is 10.4 Å². The maximum atomic E-state index is 12.7. The van der Waals surface area contributed by atoms with Crippen LogP contribution in [0.15, 0.2) is 60.8 Å².